The molecule has 0 radical (unpaired) electrons. The largest absolute Gasteiger partial charge is 0.501 e. The van der Waals surface area contributed by atoms with Gasteiger partial charge in [-0.15, -0.1) is 0 Å². The molecule has 0 aliphatic rings. The van der Waals surface area contributed by atoms with Gasteiger partial charge >= 0.3 is 5.51 Å². The predicted octanol–water partition coefficient (Wildman–Crippen LogP) is 2.25. The number of hydrogen-bond acceptors (Lipinski definition) is 3. The normalized spacial score (nSPS) is 12.3. The molecule has 100 valence electrons. The third kappa shape index (κ3) is 2.81. The van der Waals surface area contributed by atoms with Gasteiger partial charge < -0.3 is 5.32 Å². The molecule has 0 aliphatic carbocycles. The second-order valence-electron chi connectivity index (χ2n) is 3.61. The van der Waals surface area contributed by atoms with Gasteiger partial charge in [0, 0.05) is 12.6 Å². The van der Waals surface area contributed by atoms with Crippen molar-refractivity contribution in [2.45, 2.75) is 24.3 Å². The summed E-state index contributed by atoms with van der Waals surface area (Å²) in [4.78, 5) is 9.94. The topological polar surface area (TPSA) is 63.2 Å². The van der Waals surface area contributed by atoms with Crippen LogP contribution >= 0.6 is 0 Å². The zero-order valence-corrected chi connectivity index (χ0v) is 10.3. The molecule has 0 saturated carbocycles. The maximum atomic E-state index is 12.3. The van der Waals surface area contributed by atoms with Crippen LogP contribution in [-0.2, 0) is 14.6 Å². The zero-order chi connectivity index (χ0) is 14.1. The number of alkyl halides is 3. The van der Waals surface area contributed by atoms with Gasteiger partial charge in [-0.2, -0.15) is 13.2 Å². The lowest BCUT2D eigenvalue weighted by molar-refractivity contribution is -0.114. The third-order valence-corrected chi connectivity index (χ3v) is 3.62. The van der Waals surface area contributed by atoms with Gasteiger partial charge in [-0.3, -0.25) is 4.79 Å². The average Bonchev–Trinajstić information content (AvgIpc) is 2.18. The molecule has 0 bridgehead atoms. The van der Waals surface area contributed by atoms with Crippen LogP contribution in [0.5, 0.6) is 0 Å². The van der Waals surface area contributed by atoms with Crippen molar-refractivity contribution in [1.29, 1.82) is 0 Å². The van der Waals surface area contributed by atoms with Crippen LogP contribution in [0.1, 0.15) is 12.5 Å². The van der Waals surface area contributed by atoms with Gasteiger partial charge in [0.25, 0.3) is 9.84 Å². The first-order valence-electron chi connectivity index (χ1n) is 4.75. The lowest BCUT2D eigenvalue weighted by atomic mass is 10.2. The molecular formula is C10H10F3NO3S. The van der Waals surface area contributed by atoms with E-state index in [-0.39, 0.29) is 5.69 Å². The highest BCUT2D eigenvalue weighted by Crippen LogP contribution is 2.32. The van der Waals surface area contributed by atoms with E-state index in [1.807, 2.05) is 0 Å². The fourth-order valence-corrected chi connectivity index (χ4v) is 2.01. The molecule has 0 saturated heterocycles. The summed E-state index contributed by atoms with van der Waals surface area (Å²) in [6.45, 7) is 2.71. The Labute approximate surface area is 102 Å². The average molecular weight is 281 g/mol. The van der Waals surface area contributed by atoms with E-state index in [0.717, 1.165) is 12.1 Å². The lowest BCUT2D eigenvalue weighted by Gasteiger charge is -2.11. The van der Waals surface area contributed by atoms with E-state index in [1.165, 1.54) is 19.9 Å². The molecule has 4 nitrogen and oxygen atoms in total. The van der Waals surface area contributed by atoms with Crippen LogP contribution in [0.4, 0.5) is 18.9 Å². The molecule has 1 N–H and O–H groups in total. The quantitative estimate of drug-likeness (QED) is 0.904. The molecule has 1 amide bonds. The van der Waals surface area contributed by atoms with E-state index in [1.54, 1.807) is 0 Å². The number of hydrogen-bond donors (Lipinski definition) is 1. The smallest absolute Gasteiger partial charge is 0.326 e. The van der Waals surface area contributed by atoms with Crippen LogP contribution in [-0.4, -0.2) is 19.8 Å². The second kappa shape index (κ2) is 4.60. The van der Waals surface area contributed by atoms with Crippen molar-refractivity contribution < 1.29 is 26.4 Å². The minimum atomic E-state index is -5.40. The summed E-state index contributed by atoms with van der Waals surface area (Å²) < 4.78 is 59.3. The molecule has 0 unspecified atom stereocenters. The molecule has 8 heteroatoms. The Morgan fingerprint density at radius 1 is 1.28 bits per heavy atom. The number of halogens is 3. The molecule has 0 fully saturated rings. The standard InChI is InChI=1S/C10H10F3NO3S/c1-6-3-4-8(5-9(6)14-7(2)15)18(16,17)10(11,12)13/h3-5H,1-2H3,(H,14,15). The maximum absolute atomic E-state index is 12.3. The van der Waals surface area contributed by atoms with Gasteiger partial charge in [-0.1, -0.05) is 6.07 Å². The number of carbonyl (C=O) groups is 1. The minimum Gasteiger partial charge on any atom is -0.326 e. The highest BCUT2D eigenvalue weighted by molar-refractivity contribution is 7.92. The van der Waals surface area contributed by atoms with E-state index in [4.69, 9.17) is 0 Å². The Balaban J connectivity index is 3.34. The fourth-order valence-electron chi connectivity index (χ4n) is 1.23. The van der Waals surface area contributed by atoms with E-state index < -0.39 is 26.1 Å². The van der Waals surface area contributed by atoms with Crippen molar-refractivity contribution in [3.63, 3.8) is 0 Å². The molecule has 1 aromatic rings. The third-order valence-electron chi connectivity index (χ3n) is 2.13. The second-order valence-corrected chi connectivity index (χ2v) is 5.55. The molecule has 1 aromatic carbocycles. The number of nitrogens with one attached hydrogen (secondary N) is 1. The highest BCUT2D eigenvalue weighted by atomic mass is 32.2. The van der Waals surface area contributed by atoms with Crippen molar-refractivity contribution >= 4 is 21.4 Å². The maximum Gasteiger partial charge on any atom is 0.501 e. The van der Waals surface area contributed by atoms with E-state index in [2.05, 4.69) is 5.32 Å². The monoisotopic (exact) mass is 281 g/mol. The Kier molecular flexibility index (Phi) is 3.70. The van der Waals surface area contributed by atoms with Crippen molar-refractivity contribution in [2.75, 3.05) is 5.32 Å². The summed E-state index contributed by atoms with van der Waals surface area (Å²) in [6.07, 6.45) is 0. The van der Waals surface area contributed by atoms with Crippen LogP contribution in [0.2, 0.25) is 0 Å². The van der Waals surface area contributed by atoms with Crippen LogP contribution in [0.3, 0.4) is 0 Å². The number of amides is 1. The summed E-state index contributed by atoms with van der Waals surface area (Å²) in [5.41, 5.74) is -4.87. The van der Waals surface area contributed by atoms with Crippen molar-refractivity contribution in [3.05, 3.63) is 23.8 Å². The predicted molar refractivity (Wildman–Crippen MR) is 58.7 cm³/mol. The number of sulfone groups is 1. The van der Waals surface area contributed by atoms with Gasteiger partial charge in [0.05, 0.1) is 4.90 Å². The van der Waals surface area contributed by atoms with Gasteiger partial charge in [0.15, 0.2) is 0 Å². The van der Waals surface area contributed by atoms with Crippen molar-refractivity contribution in [2.24, 2.45) is 0 Å². The highest BCUT2D eigenvalue weighted by Gasteiger charge is 2.46. The van der Waals surface area contributed by atoms with Gasteiger partial charge in [-0.05, 0) is 24.6 Å². The molecule has 0 spiro atoms. The first kappa shape index (κ1) is 14.5. The van der Waals surface area contributed by atoms with Crippen molar-refractivity contribution in [3.8, 4) is 0 Å². The summed E-state index contributed by atoms with van der Waals surface area (Å²) in [6, 6.07) is 2.84. The molecule has 18 heavy (non-hydrogen) atoms. The molecular weight excluding hydrogens is 271 g/mol. The Bertz CT molecular complexity index is 579. The number of benzene rings is 1. The molecule has 0 heterocycles. The van der Waals surface area contributed by atoms with Crippen LogP contribution in [0, 0.1) is 6.92 Å². The fraction of sp³-hybridized carbons (Fsp3) is 0.300. The summed E-state index contributed by atoms with van der Waals surface area (Å²) >= 11 is 0. The molecule has 0 atom stereocenters. The number of aryl methyl sites for hydroxylation is 1. The first-order valence-corrected chi connectivity index (χ1v) is 6.23. The lowest BCUT2D eigenvalue weighted by Crippen LogP contribution is -2.23. The molecule has 1 rings (SSSR count). The van der Waals surface area contributed by atoms with Gasteiger partial charge in [-0.25, -0.2) is 8.42 Å². The Hall–Kier alpha value is -1.57. The van der Waals surface area contributed by atoms with Gasteiger partial charge in [0.2, 0.25) is 5.91 Å². The molecule has 0 aliphatic heterocycles. The van der Waals surface area contributed by atoms with Crippen molar-refractivity contribution in [1.82, 2.24) is 0 Å². The Morgan fingerprint density at radius 2 is 1.83 bits per heavy atom. The SMILES string of the molecule is CC(=O)Nc1cc(S(=O)(=O)C(F)(F)F)ccc1C. The van der Waals surface area contributed by atoms with E-state index >= 15 is 0 Å². The molecule has 0 aromatic heterocycles. The van der Waals surface area contributed by atoms with Crippen LogP contribution < -0.4 is 5.32 Å². The van der Waals surface area contributed by atoms with Crippen LogP contribution in [0.25, 0.3) is 0 Å². The number of rotatable bonds is 2. The number of anilines is 1. The van der Waals surface area contributed by atoms with E-state index in [9.17, 15) is 26.4 Å². The Morgan fingerprint density at radius 3 is 2.28 bits per heavy atom. The van der Waals surface area contributed by atoms with Crippen LogP contribution in [0.15, 0.2) is 23.1 Å². The first-order chi connectivity index (χ1) is 8.05. The van der Waals surface area contributed by atoms with Gasteiger partial charge in [0.1, 0.15) is 0 Å². The number of carbonyl (C=O) groups excluding carboxylic acids is 1. The van der Waals surface area contributed by atoms with E-state index in [0.29, 0.717) is 5.56 Å². The zero-order valence-electron chi connectivity index (χ0n) is 9.50. The minimum absolute atomic E-state index is 0.0350. The summed E-state index contributed by atoms with van der Waals surface area (Å²) in [5.74, 6) is -0.500. The summed E-state index contributed by atoms with van der Waals surface area (Å²) in [5, 5.41) is 2.27. The summed E-state index contributed by atoms with van der Waals surface area (Å²) in [7, 11) is -5.40.